The number of halogens is 1. The standard InChI is InChI=1S/C22H20ClN3O2/c1-2-21(27)26-12-9-15-13-16(5-8-19(15)26)22(28)24-18-7-6-17(23)14-20(18)25-10-3-4-11-25/h3-8,10-11,13-14H,2,9,12H2,1H3,(H,24,28). The van der Waals surface area contributed by atoms with Crippen LogP contribution in [0.15, 0.2) is 60.9 Å². The second kappa shape index (κ2) is 7.52. The van der Waals surface area contributed by atoms with Gasteiger partial charge in [0.1, 0.15) is 0 Å². The Morgan fingerprint density at radius 1 is 1.07 bits per heavy atom. The van der Waals surface area contributed by atoms with Crippen molar-refractivity contribution in [1.29, 1.82) is 0 Å². The molecule has 1 aliphatic heterocycles. The number of carbonyl (C=O) groups excluding carboxylic acids is 2. The van der Waals surface area contributed by atoms with E-state index in [0.717, 1.165) is 23.4 Å². The topological polar surface area (TPSA) is 54.3 Å². The number of aromatic nitrogens is 1. The molecule has 0 spiro atoms. The minimum Gasteiger partial charge on any atom is -0.322 e. The molecule has 2 heterocycles. The van der Waals surface area contributed by atoms with E-state index < -0.39 is 0 Å². The average Bonchev–Trinajstić information content (AvgIpc) is 3.38. The zero-order chi connectivity index (χ0) is 19.7. The number of hydrogen-bond donors (Lipinski definition) is 1. The molecule has 0 atom stereocenters. The van der Waals surface area contributed by atoms with Gasteiger partial charge in [-0.05, 0) is 60.5 Å². The van der Waals surface area contributed by atoms with Crippen LogP contribution in [0.1, 0.15) is 29.3 Å². The minimum absolute atomic E-state index is 0.105. The van der Waals surface area contributed by atoms with Crippen molar-refractivity contribution in [3.05, 3.63) is 77.1 Å². The Balaban J connectivity index is 1.60. The number of hydrogen-bond acceptors (Lipinski definition) is 2. The van der Waals surface area contributed by atoms with Gasteiger partial charge in [0.2, 0.25) is 5.91 Å². The van der Waals surface area contributed by atoms with Crippen molar-refractivity contribution in [2.75, 3.05) is 16.8 Å². The number of rotatable bonds is 4. The third-order valence-corrected chi connectivity index (χ3v) is 5.17. The summed E-state index contributed by atoms with van der Waals surface area (Å²) in [6, 6.07) is 14.7. The summed E-state index contributed by atoms with van der Waals surface area (Å²) in [5.41, 5.74) is 3.97. The zero-order valence-electron chi connectivity index (χ0n) is 15.5. The summed E-state index contributed by atoms with van der Waals surface area (Å²) >= 11 is 6.14. The molecule has 1 N–H and O–H groups in total. The number of fused-ring (bicyclic) bond motifs is 1. The number of carbonyl (C=O) groups is 2. The Morgan fingerprint density at radius 2 is 1.86 bits per heavy atom. The molecule has 5 nitrogen and oxygen atoms in total. The van der Waals surface area contributed by atoms with Gasteiger partial charge in [0, 0.05) is 41.6 Å². The molecule has 0 fully saturated rings. The van der Waals surface area contributed by atoms with E-state index in [9.17, 15) is 9.59 Å². The molecule has 4 rings (SSSR count). The van der Waals surface area contributed by atoms with Crippen molar-refractivity contribution in [2.45, 2.75) is 19.8 Å². The van der Waals surface area contributed by atoms with E-state index in [0.29, 0.717) is 29.2 Å². The van der Waals surface area contributed by atoms with Crippen LogP contribution < -0.4 is 10.2 Å². The van der Waals surface area contributed by atoms with E-state index in [1.807, 2.05) is 54.2 Å². The summed E-state index contributed by atoms with van der Waals surface area (Å²) < 4.78 is 1.90. The Labute approximate surface area is 168 Å². The first-order valence-electron chi connectivity index (χ1n) is 9.24. The van der Waals surface area contributed by atoms with E-state index in [4.69, 9.17) is 11.6 Å². The van der Waals surface area contributed by atoms with Gasteiger partial charge in [0.15, 0.2) is 0 Å². The second-order valence-corrected chi connectivity index (χ2v) is 7.13. The normalized spacial score (nSPS) is 12.7. The van der Waals surface area contributed by atoms with E-state index >= 15 is 0 Å². The summed E-state index contributed by atoms with van der Waals surface area (Å²) in [5.74, 6) is -0.0905. The van der Waals surface area contributed by atoms with Crippen LogP contribution in [0.4, 0.5) is 11.4 Å². The highest BCUT2D eigenvalue weighted by Crippen LogP contribution is 2.30. The van der Waals surface area contributed by atoms with Crippen LogP contribution in [-0.4, -0.2) is 22.9 Å². The molecule has 2 aromatic carbocycles. The summed E-state index contributed by atoms with van der Waals surface area (Å²) in [4.78, 5) is 26.7. The maximum atomic E-state index is 12.9. The van der Waals surface area contributed by atoms with Gasteiger partial charge in [-0.1, -0.05) is 18.5 Å². The molecule has 142 valence electrons. The fourth-order valence-corrected chi connectivity index (χ4v) is 3.67. The highest BCUT2D eigenvalue weighted by atomic mass is 35.5. The minimum atomic E-state index is -0.196. The first kappa shape index (κ1) is 18.3. The molecule has 1 aliphatic rings. The van der Waals surface area contributed by atoms with Crippen LogP contribution in [0.25, 0.3) is 5.69 Å². The Kier molecular flexibility index (Phi) is 4.92. The Hall–Kier alpha value is -3.05. The maximum Gasteiger partial charge on any atom is 0.255 e. The molecule has 0 unspecified atom stereocenters. The molecule has 1 aromatic heterocycles. The SMILES string of the molecule is CCC(=O)N1CCc2cc(C(=O)Nc3ccc(Cl)cc3-n3cccc3)ccc21. The molecule has 0 bridgehead atoms. The van der Waals surface area contributed by atoms with Crippen molar-refractivity contribution in [3.8, 4) is 5.69 Å². The molecule has 0 saturated heterocycles. The molecular weight excluding hydrogens is 374 g/mol. The molecule has 3 aromatic rings. The molecule has 6 heteroatoms. The predicted molar refractivity (Wildman–Crippen MR) is 112 cm³/mol. The molecular formula is C22H20ClN3O2. The highest BCUT2D eigenvalue weighted by Gasteiger charge is 2.24. The molecule has 0 saturated carbocycles. The van der Waals surface area contributed by atoms with Gasteiger partial charge in [-0.2, -0.15) is 0 Å². The van der Waals surface area contributed by atoms with E-state index in [-0.39, 0.29) is 11.8 Å². The van der Waals surface area contributed by atoms with Crippen LogP contribution in [0.2, 0.25) is 5.02 Å². The largest absolute Gasteiger partial charge is 0.322 e. The van der Waals surface area contributed by atoms with Crippen LogP contribution in [0, 0.1) is 0 Å². The quantitative estimate of drug-likeness (QED) is 0.699. The van der Waals surface area contributed by atoms with Crippen molar-refractivity contribution >= 4 is 34.8 Å². The lowest BCUT2D eigenvalue weighted by Gasteiger charge is -2.17. The summed E-state index contributed by atoms with van der Waals surface area (Å²) in [5, 5.41) is 3.58. The molecule has 0 aliphatic carbocycles. The molecule has 0 radical (unpaired) electrons. The average molecular weight is 394 g/mol. The Morgan fingerprint density at radius 3 is 2.61 bits per heavy atom. The van der Waals surface area contributed by atoms with Crippen LogP contribution in [0.3, 0.4) is 0 Å². The number of amides is 2. The Bertz CT molecular complexity index is 1040. The third-order valence-electron chi connectivity index (χ3n) is 4.93. The van der Waals surface area contributed by atoms with Gasteiger partial charge in [0.25, 0.3) is 5.91 Å². The number of nitrogens with one attached hydrogen (secondary N) is 1. The van der Waals surface area contributed by atoms with Crippen LogP contribution >= 0.6 is 11.6 Å². The van der Waals surface area contributed by atoms with Crippen molar-refractivity contribution in [3.63, 3.8) is 0 Å². The van der Waals surface area contributed by atoms with E-state index in [1.165, 1.54) is 0 Å². The lowest BCUT2D eigenvalue weighted by atomic mass is 10.1. The number of anilines is 2. The first-order valence-corrected chi connectivity index (χ1v) is 9.62. The van der Waals surface area contributed by atoms with Crippen molar-refractivity contribution in [2.24, 2.45) is 0 Å². The van der Waals surface area contributed by atoms with Crippen molar-refractivity contribution < 1.29 is 9.59 Å². The van der Waals surface area contributed by atoms with Gasteiger partial charge >= 0.3 is 0 Å². The summed E-state index contributed by atoms with van der Waals surface area (Å²) in [6.45, 7) is 2.53. The number of benzene rings is 2. The lowest BCUT2D eigenvalue weighted by Crippen LogP contribution is -2.27. The highest BCUT2D eigenvalue weighted by molar-refractivity contribution is 6.31. The van der Waals surface area contributed by atoms with Gasteiger partial charge < -0.3 is 14.8 Å². The zero-order valence-corrected chi connectivity index (χ0v) is 16.2. The third kappa shape index (κ3) is 3.41. The van der Waals surface area contributed by atoms with E-state index in [2.05, 4.69) is 5.32 Å². The van der Waals surface area contributed by atoms with Crippen LogP contribution in [-0.2, 0) is 11.2 Å². The van der Waals surface area contributed by atoms with E-state index in [1.54, 1.807) is 23.1 Å². The smallest absolute Gasteiger partial charge is 0.255 e. The molecule has 2 amide bonds. The fourth-order valence-electron chi connectivity index (χ4n) is 3.51. The second-order valence-electron chi connectivity index (χ2n) is 6.70. The monoisotopic (exact) mass is 393 g/mol. The van der Waals surface area contributed by atoms with Gasteiger partial charge in [-0.25, -0.2) is 0 Å². The lowest BCUT2D eigenvalue weighted by molar-refractivity contribution is -0.118. The van der Waals surface area contributed by atoms with Gasteiger partial charge in [-0.15, -0.1) is 0 Å². The number of nitrogens with zero attached hydrogens (tertiary/aromatic N) is 2. The van der Waals surface area contributed by atoms with Crippen LogP contribution in [0.5, 0.6) is 0 Å². The van der Waals surface area contributed by atoms with Gasteiger partial charge in [0.05, 0.1) is 11.4 Å². The predicted octanol–water partition coefficient (Wildman–Crippen LogP) is 4.68. The first-order chi connectivity index (χ1) is 13.6. The molecule has 28 heavy (non-hydrogen) atoms. The van der Waals surface area contributed by atoms with Gasteiger partial charge in [-0.3, -0.25) is 9.59 Å². The van der Waals surface area contributed by atoms with Crippen molar-refractivity contribution in [1.82, 2.24) is 4.57 Å². The summed E-state index contributed by atoms with van der Waals surface area (Å²) in [6.07, 6.45) is 5.03. The maximum absolute atomic E-state index is 12.9. The fraction of sp³-hybridized carbons (Fsp3) is 0.182. The summed E-state index contributed by atoms with van der Waals surface area (Å²) in [7, 11) is 0.